The van der Waals surface area contributed by atoms with Gasteiger partial charge in [-0.2, -0.15) is 5.10 Å². The first-order valence-corrected chi connectivity index (χ1v) is 9.07. The topological polar surface area (TPSA) is 99.2 Å². The smallest absolute Gasteiger partial charge is 0.257 e. The van der Waals surface area contributed by atoms with Crippen LogP contribution in [0.25, 0.3) is 5.82 Å². The van der Waals surface area contributed by atoms with Crippen LogP contribution in [0.1, 0.15) is 42.7 Å². The lowest BCUT2D eigenvalue weighted by molar-refractivity contribution is 0.0573. The molecule has 1 fully saturated rings. The third-order valence-corrected chi connectivity index (χ3v) is 4.89. The van der Waals surface area contributed by atoms with E-state index in [9.17, 15) is 4.79 Å². The molecule has 2 N–H and O–H groups in total. The number of carbonyl (C=O) groups excluding carboxylic acids is 1. The molecule has 0 aliphatic carbocycles. The van der Waals surface area contributed by atoms with Gasteiger partial charge in [0.15, 0.2) is 5.82 Å². The summed E-state index contributed by atoms with van der Waals surface area (Å²) in [7, 11) is 0. The molecule has 1 saturated heterocycles. The second-order valence-electron chi connectivity index (χ2n) is 6.74. The van der Waals surface area contributed by atoms with Crippen molar-refractivity contribution in [3.05, 3.63) is 29.6 Å². The summed E-state index contributed by atoms with van der Waals surface area (Å²) in [6.45, 7) is 7.70. The maximum Gasteiger partial charge on any atom is 0.257 e. The van der Waals surface area contributed by atoms with Crippen molar-refractivity contribution in [1.29, 1.82) is 0 Å². The van der Waals surface area contributed by atoms with E-state index in [1.54, 1.807) is 23.0 Å². The van der Waals surface area contributed by atoms with E-state index >= 15 is 0 Å². The Labute approximate surface area is 153 Å². The van der Waals surface area contributed by atoms with Crippen molar-refractivity contribution < 1.29 is 9.53 Å². The Bertz CT molecular complexity index is 758. The zero-order chi connectivity index (χ0) is 18.7. The molecular formula is C18H26N6O2. The number of hydrogen-bond donors (Lipinski definition) is 1. The molecule has 1 amide bonds. The normalized spacial score (nSPS) is 20.2. The van der Waals surface area contributed by atoms with Gasteiger partial charge in [-0.15, -0.1) is 10.2 Å². The zero-order valence-electron chi connectivity index (χ0n) is 15.6. The molecular weight excluding hydrogens is 332 g/mol. The third kappa shape index (κ3) is 3.55. The molecule has 3 rings (SSSR count). The van der Waals surface area contributed by atoms with Gasteiger partial charge in [0.25, 0.3) is 5.91 Å². The average molecular weight is 358 g/mol. The van der Waals surface area contributed by atoms with Crippen LogP contribution >= 0.6 is 0 Å². The second kappa shape index (κ2) is 7.82. The molecule has 140 valence electrons. The molecule has 0 saturated carbocycles. The first kappa shape index (κ1) is 18.3. The predicted octanol–water partition coefficient (Wildman–Crippen LogP) is 1.57. The van der Waals surface area contributed by atoms with Crippen LogP contribution in [0.2, 0.25) is 0 Å². The number of likely N-dealkylation sites (tertiary alicyclic amines) is 1. The minimum absolute atomic E-state index is 0.0185. The SMILES string of the molecule is CCOc1ccc(-n2ncc(C(=O)N3CCC(C)CC3CN)c2C)nn1. The summed E-state index contributed by atoms with van der Waals surface area (Å²) in [5.41, 5.74) is 7.22. The highest BCUT2D eigenvalue weighted by atomic mass is 16.5. The fourth-order valence-corrected chi connectivity index (χ4v) is 3.40. The van der Waals surface area contributed by atoms with Gasteiger partial charge in [0.05, 0.1) is 24.1 Å². The lowest BCUT2D eigenvalue weighted by Crippen LogP contribution is -2.49. The van der Waals surface area contributed by atoms with E-state index in [0.717, 1.165) is 25.1 Å². The molecule has 0 aromatic carbocycles. The van der Waals surface area contributed by atoms with Crippen LogP contribution < -0.4 is 10.5 Å². The number of hydrogen-bond acceptors (Lipinski definition) is 6. The van der Waals surface area contributed by atoms with Crippen LogP contribution in [0.4, 0.5) is 0 Å². The van der Waals surface area contributed by atoms with Gasteiger partial charge in [0.1, 0.15) is 0 Å². The Morgan fingerprint density at radius 3 is 2.85 bits per heavy atom. The lowest BCUT2D eigenvalue weighted by Gasteiger charge is -2.37. The number of amides is 1. The molecule has 8 heteroatoms. The van der Waals surface area contributed by atoms with Gasteiger partial charge in [0.2, 0.25) is 5.88 Å². The van der Waals surface area contributed by atoms with Crippen LogP contribution in [0.3, 0.4) is 0 Å². The summed E-state index contributed by atoms with van der Waals surface area (Å²) < 4.78 is 6.93. The summed E-state index contributed by atoms with van der Waals surface area (Å²) in [4.78, 5) is 14.9. The maximum absolute atomic E-state index is 13.0. The van der Waals surface area contributed by atoms with E-state index in [1.165, 1.54) is 0 Å². The van der Waals surface area contributed by atoms with Crippen molar-refractivity contribution >= 4 is 5.91 Å². The molecule has 1 aliphatic rings. The number of piperidine rings is 1. The van der Waals surface area contributed by atoms with E-state index in [-0.39, 0.29) is 11.9 Å². The number of nitrogens with zero attached hydrogens (tertiary/aromatic N) is 5. The number of aromatic nitrogens is 4. The van der Waals surface area contributed by atoms with Crippen molar-refractivity contribution in [2.75, 3.05) is 19.7 Å². The molecule has 2 aromatic heterocycles. The summed E-state index contributed by atoms with van der Waals surface area (Å²) in [6, 6.07) is 3.60. The van der Waals surface area contributed by atoms with Gasteiger partial charge in [-0.25, -0.2) is 4.68 Å². The van der Waals surface area contributed by atoms with E-state index in [2.05, 4.69) is 22.2 Å². The van der Waals surface area contributed by atoms with Crippen LogP contribution in [0.5, 0.6) is 5.88 Å². The molecule has 1 aliphatic heterocycles. The Balaban J connectivity index is 1.83. The highest BCUT2D eigenvalue weighted by Gasteiger charge is 2.31. The van der Waals surface area contributed by atoms with Gasteiger partial charge < -0.3 is 15.4 Å². The molecule has 2 atom stereocenters. The Kier molecular flexibility index (Phi) is 5.51. The number of nitrogens with two attached hydrogens (primary N) is 1. The van der Waals surface area contributed by atoms with Gasteiger partial charge in [-0.3, -0.25) is 4.79 Å². The fourth-order valence-electron chi connectivity index (χ4n) is 3.40. The lowest BCUT2D eigenvalue weighted by atomic mass is 9.92. The molecule has 26 heavy (non-hydrogen) atoms. The number of rotatable bonds is 5. The van der Waals surface area contributed by atoms with E-state index in [4.69, 9.17) is 10.5 Å². The van der Waals surface area contributed by atoms with Gasteiger partial charge in [-0.05, 0) is 38.7 Å². The predicted molar refractivity (Wildman–Crippen MR) is 97.3 cm³/mol. The van der Waals surface area contributed by atoms with Crippen molar-refractivity contribution in [2.45, 2.75) is 39.7 Å². The Morgan fingerprint density at radius 2 is 2.19 bits per heavy atom. The molecule has 0 spiro atoms. The monoisotopic (exact) mass is 358 g/mol. The molecule has 2 unspecified atom stereocenters. The maximum atomic E-state index is 13.0. The molecule has 3 heterocycles. The number of carbonyl (C=O) groups is 1. The van der Waals surface area contributed by atoms with Gasteiger partial charge >= 0.3 is 0 Å². The minimum atomic E-state index is -0.0185. The fraction of sp³-hybridized carbons (Fsp3) is 0.556. The van der Waals surface area contributed by atoms with E-state index in [1.807, 2.05) is 18.7 Å². The number of ether oxygens (including phenoxy) is 1. The molecule has 0 bridgehead atoms. The highest BCUT2D eigenvalue weighted by Crippen LogP contribution is 2.25. The summed E-state index contributed by atoms with van der Waals surface area (Å²) in [5.74, 6) is 1.59. The third-order valence-electron chi connectivity index (χ3n) is 4.89. The highest BCUT2D eigenvalue weighted by molar-refractivity contribution is 5.95. The summed E-state index contributed by atoms with van der Waals surface area (Å²) >= 11 is 0. The van der Waals surface area contributed by atoms with Crippen molar-refractivity contribution in [1.82, 2.24) is 24.9 Å². The first-order valence-electron chi connectivity index (χ1n) is 9.07. The average Bonchev–Trinajstić information content (AvgIpc) is 3.03. The first-order chi connectivity index (χ1) is 12.5. The van der Waals surface area contributed by atoms with E-state index in [0.29, 0.717) is 36.3 Å². The summed E-state index contributed by atoms with van der Waals surface area (Å²) in [6.07, 6.45) is 3.54. The quantitative estimate of drug-likeness (QED) is 0.871. The summed E-state index contributed by atoms with van der Waals surface area (Å²) in [5, 5.41) is 12.5. The Hall–Kier alpha value is -2.48. The van der Waals surface area contributed by atoms with Crippen LogP contribution in [-0.4, -0.2) is 56.5 Å². The van der Waals surface area contributed by atoms with Crippen molar-refractivity contribution in [3.63, 3.8) is 0 Å². The standard InChI is InChI=1S/C18H26N6O2/c1-4-26-17-6-5-16(21-22-17)24-13(3)15(11-20-24)18(25)23-8-7-12(2)9-14(23)10-19/h5-6,11-12,14H,4,7-10,19H2,1-3H3. The molecule has 8 nitrogen and oxygen atoms in total. The molecule has 2 aromatic rings. The van der Waals surface area contributed by atoms with Crippen molar-refractivity contribution in [3.8, 4) is 11.7 Å². The van der Waals surface area contributed by atoms with Gasteiger partial charge in [-0.1, -0.05) is 6.92 Å². The van der Waals surface area contributed by atoms with Crippen LogP contribution in [-0.2, 0) is 0 Å². The minimum Gasteiger partial charge on any atom is -0.477 e. The van der Waals surface area contributed by atoms with Gasteiger partial charge in [0, 0.05) is 25.2 Å². The van der Waals surface area contributed by atoms with E-state index < -0.39 is 0 Å². The van der Waals surface area contributed by atoms with Crippen LogP contribution in [0, 0.1) is 12.8 Å². The van der Waals surface area contributed by atoms with Crippen molar-refractivity contribution in [2.24, 2.45) is 11.7 Å². The molecule has 0 radical (unpaired) electrons. The van der Waals surface area contributed by atoms with Crippen LogP contribution in [0.15, 0.2) is 18.3 Å². The zero-order valence-corrected chi connectivity index (χ0v) is 15.6. The largest absolute Gasteiger partial charge is 0.477 e. The Morgan fingerprint density at radius 1 is 1.38 bits per heavy atom. The second-order valence-corrected chi connectivity index (χ2v) is 6.74.